The van der Waals surface area contributed by atoms with Crippen molar-refractivity contribution < 1.29 is 9.47 Å². The molecule has 2 rings (SSSR count). The molecule has 0 saturated carbocycles. The lowest BCUT2D eigenvalue weighted by Gasteiger charge is -2.10. The number of unbranched alkanes of at least 4 members (excludes halogenated alkanes) is 7. The first-order chi connectivity index (χ1) is 11.2. The van der Waals surface area contributed by atoms with E-state index in [1.165, 1.54) is 51.1 Å². The molecule has 0 amide bonds. The zero-order valence-corrected chi connectivity index (χ0v) is 15.5. The van der Waals surface area contributed by atoms with Gasteiger partial charge in [-0.25, -0.2) is 0 Å². The molecule has 126 valence electrons. The van der Waals surface area contributed by atoms with Crippen LogP contribution < -0.4 is 9.47 Å². The molecule has 0 atom stereocenters. The standard InChI is InChI=1S/C19H26BrNO2/c1-2-3-4-5-6-7-8-9-15-23-18-13-12-17-16(19(18)20)11-10-14-21(17)22/h10-14H,2-9,15H2,1H3. The number of hydrogen-bond acceptors (Lipinski definition) is 2. The lowest BCUT2D eigenvalue weighted by molar-refractivity contribution is -0.577. The van der Waals surface area contributed by atoms with E-state index in [4.69, 9.17) is 4.74 Å². The summed E-state index contributed by atoms with van der Waals surface area (Å²) >= 11 is 3.56. The molecule has 0 unspecified atom stereocenters. The third-order valence-corrected chi connectivity index (χ3v) is 4.92. The van der Waals surface area contributed by atoms with Gasteiger partial charge in [-0.05, 0) is 34.5 Å². The molecule has 23 heavy (non-hydrogen) atoms. The minimum absolute atomic E-state index is 0.652. The van der Waals surface area contributed by atoms with Crippen molar-refractivity contribution in [3.63, 3.8) is 0 Å². The molecule has 0 aliphatic heterocycles. The van der Waals surface area contributed by atoms with Crippen LogP contribution >= 0.6 is 15.9 Å². The van der Waals surface area contributed by atoms with E-state index in [1.807, 2.05) is 18.2 Å². The fourth-order valence-electron chi connectivity index (χ4n) is 2.74. The number of benzene rings is 1. The lowest BCUT2D eigenvalue weighted by atomic mass is 10.1. The summed E-state index contributed by atoms with van der Waals surface area (Å²) < 4.78 is 7.61. The highest BCUT2D eigenvalue weighted by molar-refractivity contribution is 9.10. The SMILES string of the molecule is CCCCCCCCCCOc1ccc2c(ccc[n+]2[O-])c1Br. The number of aromatic nitrogens is 1. The Morgan fingerprint density at radius 1 is 1.00 bits per heavy atom. The summed E-state index contributed by atoms with van der Waals surface area (Å²) in [6, 6.07) is 7.36. The van der Waals surface area contributed by atoms with E-state index in [0.29, 0.717) is 5.52 Å². The minimum Gasteiger partial charge on any atom is -0.618 e. The number of pyridine rings is 1. The van der Waals surface area contributed by atoms with Crippen LogP contribution in [0.4, 0.5) is 0 Å². The second-order valence-electron chi connectivity index (χ2n) is 5.97. The van der Waals surface area contributed by atoms with Crippen LogP contribution in [0.1, 0.15) is 58.3 Å². The van der Waals surface area contributed by atoms with E-state index in [-0.39, 0.29) is 0 Å². The van der Waals surface area contributed by atoms with Crippen LogP contribution in [0.15, 0.2) is 34.9 Å². The third-order valence-electron chi connectivity index (χ3n) is 4.10. The predicted octanol–water partition coefficient (Wildman–Crippen LogP) is 5.76. The maximum Gasteiger partial charge on any atom is 0.225 e. The molecular formula is C19H26BrNO2. The Morgan fingerprint density at radius 3 is 2.43 bits per heavy atom. The van der Waals surface area contributed by atoms with Crippen molar-refractivity contribution in [2.24, 2.45) is 0 Å². The lowest BCUT2D eigenvalue weighted by Crippen LogP contribution is -2.25. The number of ether oxygens (including phenoxy) is 1. The van der Waals surface area contributed by atoms with Crippen LogP contribution in [-0.2, 0) is 0 Å². The summed E-state index contributed by atoms with van der Waals surface area (Å²) in [5, 5.41) is 12.6. The quantitative estimate of drug-likeness (QED) is 0.299. The van der Waals surface area contributed by atoms with Crippen LogP contribution in [0.25, 0.3) is 10.9 Å². The zero-order valence-electron chi connectivity index (χ0n) is 13.9. The van der Waals surface area contributed by atoms with Gasteiger partial charge in [0.25, 0.3) is 0 Å². The number of nitrogens with zero attached hydrogens (tertiary/aromatic N) is 1. The maximum absolute atomic E-state index is 11.7. The molecule has 0 N–H and O–H groups in total. The first kappa shape index (κ1) is 18.1. The summed E-state index contributed by atoms with van der Waals surface area (Å²) in [5.41, 5.74) is 0.652. The van der Waals surface area contributed by atoms with Crippen molar-refractivity contribution >= 4 is 26.8 Å². The molecule has 2 aromatic rings. The Hall–Kier alpha value is -1.29. The Balaban J connectivity index is 1.74. The fourth-order valence-corrected chi connectivity index (χ4v) is 3.32. The molecule has 3 nitrogen and oxygen atoms in total. The van der Waals surface area contributed by atoms with E-state index in [0.717, 1.165) is 33.4 Å². The summed E-state index contributed by atoms with van der Waals surface area (Å²) in [6.45, 7) is 2.97. The molecule has 0 aliphatic carbocycles. The molecule has 0 aliphatic rings. The van der Waals surface area contributed by atoms with Crippen LogP contribution in [0, 0.1) is 5.21 Å². The van der Waals surface area contributed by atoms with Gasteiger partial charge in [-0.15, -0.1) is 0 Å². The van der Waals surface area contributed by atoms with Gasteiger partial charge in [-0.2, -0.15) is 4.73 Å². The normalized spacial score (nSPS) is 11.0. The van der Waals surface area contributed by atoms with Crippen molar-refractivity contribution in [2.75, 3.05) is 6.61 Å². The van der Waals surface area contributed by atoms with Gasteiger partial charge >= 0.3 is 0 Å². The highest BCUT2D eigenvalue weighted by atomic mass is 79.9. The first-order valence-electron chi connectivity index (χ1n) is 8.67. The van der Waals surface area contributed by atoms with Crippen LogP contribution in [-0.4, -0.2) is 6.61 Å². The van der Waals surface area contributed by atoms with Crippen molar-refractivity contribution in [3.8, 4) is 5.75 Å². The van der Waals surface area contributed by atoms with Crippen molar-refractivity contribution in [1.82, 2.24) is 0 Å². The maximum atomic E-state index is 11.7. The Labute approximate surface area is 147 Å². The third kappa shape index (κ3) is 5.38. The molecule has 0 spiro atoms. The second-order valence-corrected chi connectivity index (χ2v) is 6.76. The summed E-state index contributed by atoms with van der Waals surface area (Å²) in [6.07, 6.45) is 11.8. The van der Waals surface area contributed by atoms with Gasteiger partial charge < -0.3 is 9.94 Å². The Morgan fingerprint density at radius 2 is 1.70 bits per heavy atom. The molecular weight excluding hydrogens is 354 g/mol. The summed E-state index contributed by atoms with van der Waals surface area (Å²) in [4.78, 5) is 0. The van der Waals surface area contributed by atoms with Gasteiger partial charge in [-0.1, -0.05) is 51.9 Å². The smallest absolute Gasteiger partial charge is 0.225 e. The fraction of sp³-hybridized carbons (Fsp3) is 0.526. The molecule has 1 heterocycles. The number of halogens is 1. The average molecular weight is 380 g/mol. The Bertz CT molecular complexity index is 616. The van der Waals surface area contributed by atoms with Gasteiger partial charge in [0, 0.05) is 12.1 Å². The number of rotatable bonds is 10. The van der Waals surface area contributed by atoms with Crippen LogP contribution in [0.5, 0.6) is 5.75 Å². The molecule has 0 fully saturated rings. The predicted molar refractivity (Wildman–Crippen MR) is 98.7 cm³/mol. The Kier molecular flexibility index (Phi) is 7.66. The van der Waals surface area contributed by atoms with Gasteiger partial charge in [0.15, 0.2) is 6.20 Å². The van der Waals surface area contributed by atoms with Gasteiger partial charge in [-0.3, -0.25) is 0 Å². The van der Waals surface area contributed by atoms with Crippen molar-refractivity contribution in [3.05, 3.63) is 40.1 Å². The van der Waals surface area contributed by atoms with Gasteiger partial charge in [0.1, 0.15) is 5.75 Å². The second kappa shape index (κ2) is 9.76. The monoisotopic (exact) mass is 379 g/mol. The highest BCUT2D eigenvalue weighted by Crippen LogP contribution is 2.31. The number of fused-ring (bicyclic) bond motifs is 1. The first-order valence-corrected chi connectivity index (χ1v) is 9.46. The van der Waals surface area contributed by atoms with E-state index in [1.54, 1.807) is 6.07 Å². The van der Waals surface area contributed by atoms with E-state index in [9.17, 15) is 5.21 Å². The van der Waals surface area contributed by atoms with E-state index in [2.05, 4.69) is 22.9 Å². The summed E-state index contributed by atoms with van der Waals surface area (Å²) in [5.74, 6) is 0.812. The molecule has 0 saturated heterocycles. The van der Waals surface area contributed by atoms with Crippen LogP contribution in [0.2, 0.25) is 0 Å². The molecule has 1 aromatic heterocycles. The van der Waals surface area contributed by atoms with Gasteiger partial charge in [0.2, 0.25) is 5.52 Å². The summed E-state index contributed by atoms with van der Waals surface area (Å²) in [7, 11) is 0. The topological polar surface area (TPSA) is 36.2 Å². The van der Waals surface area contributed by atoms with Gasteiger partial charge in [0.05, 0.1) is 16.5 Å². The zero-order chi connectivity index (χ0) is 16.5. The minimum atomic E-state index is 0.652. The number of hydrogen-bond donors (Lipinski definition) is 0. The van der Waals surface area contributed by atoms with Crippen LogP contribution in [0.3, 0.4) is 0 Å². The molecule has 0 bridgehead atoms. The van der Waals surface area contributed by atoms with Crippen molar-refractivity contribution in [1.29, 1.82) is 0 Å². The molecule has 1 aromatic carbocycles. The molecule has 0 radical (unpaired) electrons. The highest BCUT2D eigenvalue weighted by Gasteiger charge is 2.11. The van der Waals surface area contributed by atoms with E-state index >= 15 is 0 Å². The average Bonchev–Trinajstić information content (AvgIpc) is 2.56. The largest absolute Gasteiger partial charge is 0.618 e. The molecule has 4 heteroatoms. The van der Waals surface area contributed by atoms with E-state index < -0.39 is 0 Å². The van der Waals surface area contributed by atoms with Crippen molar-refractivity contribution in [2.45, 2.75) is 58.3 Å².